The third-order valence-electron chi connectivity index (χ3n) is 3.63. The van der Waals surface area contributed by atoms with Gasteiger partial charge in [-0.1, -0.05) is 26.0 Å². The van der Waals surface area contributed by atoms with Gasteiger partial charge in [-0.25, -0.2) is 4.98 Å². The molecule has 1 aromatic heterocycles. The molecule has 2 rings (SSSR count). The van der Waals surface area contributed by atoms with Crippen LogP contribution in [0.1, 0.15) is 36.7 Å². The van der Waals surface area contributed by atoms with Gasteiger partial charge in [-0.05, 0) is 55.2 Å². The predicted octanol–water partition coefficient (Wildman–Crippen LogP) is 5.12. The molecule has 1 aromatic carbocycles. The number of benzene rings is 1. The number of allylic oxidation sites excluding steroid dienone is 4. The molecule has 1 heterocycles. The van der Waals surface area contributed by atoms with Gasteiger partial charge in [0.2, 0.25) is 0 Å². The monoisotopic (exact) mass is 448 g/mol. The third kappa shape index (κ3) is 8.47. The first-order chi connectivity index (χ1) is 14.2. The molecule has 0 saturated carbocycles. The van der Waals surface area contributed by atoms with E-state index in [4.69, 9.17) is 14.5 Å². The number of nitrogens with one attached hydrogen (secondary N) is 1. The Kier molecular flexibility index (Phi) is 8.74. The number of aromatic nitrogens is 1. The number of carbonyl (C=O) groups excluding carboxylic acids is 1. The Morgan fingerprint density at radius 2 is 2.10 bits per heavy atom. The molecule has 160 valence electrons. The Morgan fingerprint density at radius 3 is 2.70 bits per heavy atom. The Bertz CT molecular complexity index is 991. The van der Waals surface area contributed by atoms with E-state index in [0.29, 0.717) is 28.1 Å². The minimum Gasteiger partial charge on any atom is -0.457 e. The van der Waals surface area contributed by atoms with E-state index >= 15 is 0 Å². The summed E-state index contributed by atoms with van der Waals surface area (Å²) in [6.07, 6.45) is 8.46. The van der Waals surface area contributed by atoms with Crippen molar-refractivity contribution in [1.82, 2.24) is 4.98 Å². The molecule has 0 fully saturated rings. The summed E-state index contributed by atoms with van der Waals surface area (Å²) in [4.78, 5) is 34.7. The van der Waals surface area contributed by atoms with Crippen molar-refractivity contribution in [3.05, 3.63) is 76.8 Å². The molecule has 30 heavy (non-hydrogen) atoms. The van der Waals surface area contributed by atoms with E-state index in [-0.39, 0.29) is 5.91 Å². The van der Waals surface area contributed by atoms with E-state index in [9.17, 15) is 9.36 Å². The zero-order valence-corrected chi connectivity index (χ0v) is 18.7. The van der Waals surface area contributed by atoms with Crippen molar-refractivity contribution in [1.29, 1.82) is 0 Å². The molecule has 0 spiro atoms. The van der Waals surface area contributed by atoms with Gasteiger partial charge in [0.05, 0.1) is 0 Å². The number of hydrogen-bond donors (Lipinski definition) is 3. The Balaban J connectivity index is 2.34. The van der Waals surface area contributed by atoms with E-state index in [1.165, 1.54) is 23.5 Å². The highest BCUT2D eigenvalue weighted by molar-refractivity contribution is 7.55. The van der Waals surface area contributed by atoms with Gasteiger partial charge >= 0.3 is 7.60 Å². The highest BCUT2D eigenvalue weighted by Crippen LogP contribution is 2.36. The van der Waals surface area contributed by atoms with Gasteiger partial charge in [0.25, 0.3) is 5.91 Å². The molecule has 0 aliphatic heterocycles. The molecule has 0 bridgehead atoms. The van der Waals surface area contributed by atoms with E-state index in [1.54, 1.807) is 36.7 Å². The van der Waals surface area contributed by atoms with Crippen LogP contribution in [0, 0.1) is 5.92 Å². The second-order valence-corrected chi connectivity index (χ2v) is 9.23. The number of amides is 1. The normalized spacial score (nSPS) is 12.8. The first-order valence-corrected chi connectivity index (χ1v) is 11.8. The quantitative estimate of drug-likeness (QED) is 0.279. The van der Waals surface area contributed by atoms with Crippen molar-refractivity contribution in [2.75, 3.05) is 5.32 Å². The van der Waals surface area contributed by atoms with Crippen molar-refractivity contribution in [3.8, 4) is 5.75 Å². The summed E-state index contributed by atoms with van der Waals surface area (Å²) in [6.45, 7) is 5.97. The van der Waals surface area contributed by atoms with Gasteiger partial charge in [0.15, 0.2) is 5.13 Å². The molecule has 1 amide bonds. The average molecular weight is 448 g/mol. The smallest absolute Gasteiger partial charge is 0.349 e. The maximum absolute atomic E-state index is 12.7. The molecule has 0 unspecified atom stereocenters. The standard InChI is InChI=1S/C21H25N2O5PS/c1-4-6-18(7-5-9-29(25,26)27)28-19-13-16(11-15(2)3)12-17(14-19)20(24)23-21-22-8-10-30-21/h4-10,12-15H,11H2,1-3H3,(H,22,23,24)(H2,25,26,27)/b6-4-,9-5+,18-7+. The molecular formula is C21H25N2O5PS. The van der Waals surface area contributed by atoms with Crippen LogP contribution in [-0.2, 0) is 11.0 Å². The lowest BCUT2D eigenvalue weighted by Crippen LogP contribution is -2.12. The lowest BCUT2D eigenvalue weighted by molar-refractivity contribution is 0.102. The fourth-order valence-electron chi connectivity index (χ4n) is 2.57. The van der Waals surface area contributed by atoms with E-state index in [0.717, 1.165) is 17.8 Å². The van der Waals surface area contributed by atoms with Gasteiger partial charge in [-0.15, -0.1) is 11.3 Å². The number of nitrogens with zero attached hydrogens (tertiary/aromatic N) is 1. The van der Waals surface area contributed by atoms with Crippen molar-refractivity contribution in [2.45, 2.75) is 27.2 Å². The molecule has 7 nitrogen and oxygen atoms in total. The summed E-state index contributed by atoms with van der Waals surface area (Å²) in [5, 5.41) is 5.05. The predicted molar refractivity (Wildman–Crippen MR) is 120 cm³/mol. The number of carbonyl (C=O) groups is 1. The molecule has 0 radical (unpaired) electrons. The summed E-state index contributed by atoms with van der Waals surface area (Å²) >= 11 is 1.33. The van der Waals surface area contributed by atoms with Gasteiger partial charge in [0.1, 0.15) is 11.5 Å². The topological polar surface area (TPSA) is 109 Å². The van der Waals surface area contributed by atoms with Gasteiger partial charge in [-0.3, -0.25) is 14.7 Å². The van der Waals surface area contributed by atoms with Crippen LogP contribution < -0.4 is 10.1 Å². The summed E-state index contributed by atoms with van der Waals surface area (Å²) in [7, 11) is -4.26. The first kappa shape index (κ1) is 23.8. The minimum absolute atomic E-state index is 0.293. The summed E-state index contributed by atoms with van der Waals surface area (Å²) in [6, 6.07) is 5.30. The second-order valence-electron chi connectivity index (χ2n) is 6.86. The van der Waals surface area contributed by atoms with E-state index < -0.39 is 7.60 Å². The highest BCUT2D eigenvalue weighted by Gasteiger charge is 2.13. The third-order valence-corrected chi connectivity index (χ3v) is 4.88. The zero-order valence-electron chi connectivity index (χ0n) is 17.0. The largest absolute Gasteiger partial charge is 0.457 e. The fraction of sp³-hybridized carbons (Fsp3) is 0.238. The Labute approximate surface area is 180 Å². The van der Waals surface area contributed by atoms with Crippen LogP contribution in [0.15, 0.2) is 65.7 Å². The van der Waals surface area contributed by atoms with Crippen LogP contribution in [0.3, 0.4) is 0 Å². The van der Waals surface area contributed by atoms with Crippen LogP contribution >= 0.6 is 18.9 Å². The molecule has 9 heteroatoms. The van der Waals surface area contributed by atoms with Gasteiger partial charge in [0, 0.05) is 23.0 Å². The van der Waals surface area contributed by atoms with Crippen LogP contribution in [0.2, 0.25) is 0 Å². The number of hydrogen-bond acceptors (Lipinski definition) is 5. The van der Waals surface area contributed by atoms with Crippen LogP contribution in [0.25, 0.3) is 0 Å². The van der Waals surface area contributed by atoms with Gasteiger partial charge in [-0.2, -0.15) is 0 Å². The zero-order chi connectivity index (χ0) is 22.1. The number of thiazole rings is 1. The highest BCUT2D eigenvalue weighted by atomic mass is 32.1. The molecule has 0 aliphatic carbocycles. The SMILES string of the molecule is C\C=C/C(=C\C=C\P(=O)(O)O)Oc1cc(CC(C)C)cc(C(=O)Nc2nccs2)c1. The summed E-state index contributed by atoms with van der Waals surface area (Å²) < 4.78 is 16.9. The maximum Gasteiger partial charge on any atom is 0.349 e. The number of rotatable bonds is 9. The Hall–Kier alpha value is -2.51. The lowest BCUT2D eigenvalue weighted by Gasteiger charge is -2.13. The van der Waals surface area contributed by atoms with Crippen molar-refractivity contribution in [2.24, 2.45) is 5.92 Å². The first-order valence-electron chi connectivity index (χ1n) is 9.26. The number of anilines is 1. The molecule has 2 aromatic rings. The van der Waals surface area contributed by atoms with E-state index in [1.807, 2.05) is 12.1 Å². The Morgan fingerprint density at radius 1 is 1.33 bits per heavy atom. The van der Waals surface area contributed by atoms with Crippen molar-refractivity contribution < 1.29 is 23.9 Å². The van der Waals surface area contributed by atoms with Crippen LogP contribution in [-0.4, -0.2) is 20.7 Å². The van der Waals surface area contributed by atoms with Gasteiger partial charge < -0.3 is 14.5 Å². The fourth-order valence-corrected chi connectivity index (χ4v) is 3.40. The molecule has 0 saturated heterocycles. The second kappa shape index (κ2) is 11.0. The van der Waals surface area contributed by atoms with Crippen LogP contribution in [0.5, 0.6) is 5.75 Å². The van der Waals surface area contributed by atoms with Crippen LogP contribution in [0.4, 0.5) is 5.13 Å². The summed E-state index contributed by atoms with van der Waals surface area (Å²) in [5.41, 5.74) is 1.38. The number of ether oxygens (including phenoxy) is 1. The molecule has 0 atom stereocenters. The lowest BCUT2D eigenvalue weighted by atomic mass is 10.0. The van der Waals surface area contributed by atoms with Crippen molar-refractivity contribution in [3.63, 3.8) is 0 Å². The van der Waals surface area contributed by atoms with E-state index in [2.05, 4.69) is 24.1 Å². The maximum atomic E-state index is 12.7. The molecular weight excluding hydrogens is 423 g/mol. The molecule has 0 aliphatic rings. The average Bonchev–Trinajstić information content (AvgIpc) is 3.13. The summed E-state index contributed by atoms with van der Waals surface area (Å²) in [5.74, 6) is 1.70. The molecule has 3 N–H and O–H groups in total. The van der Waals surface area contributed by atoms with Crippen molar-refractivity contribution >= 4 is 30.0 Å². The minimum atomic E-state index is -4.26.